The first-order chi connectivity index (χ1) is 11.1. The summed E-state index contributed by atoms with van der Waals surface area (Å²) in [5.74, 6) is 1.23. The van der Waals surface area contributed by atoms with Crippen LogP contribution >= 0.6 is 23.2 Å². The molecule has 0 amide bonds. The quantitative estimate of drug-likeness (QED) is 0.857. The highest BCUT2D eigenvalue weighted by atomic mass is 35.5. The molecule has 0 fully saturated rings. The molecule has 2 aromatic rings. The Morgan fingerprint density at radius 1 is 1.39 bits per heavy atom. The van der Waals surface area contributed by atoms with E-state index < -0.39 is 0 Å². The van der Waals surface area contributed by atoms with E-state index >= 15 is 0 Å². The van der Waals surface area contributed by atoms with Gasteiger partial charge in [-0.25, -0.2) is 4.98 Å². The lowest BCUT2D eigenvalue weighted by Gasteiger charge is -2.20. The van der Waals surface area contributed by atoms with Crippen molar-refractivity contribution in [3.8, 4) is 5.75 Å². The summed E-state index contributed by atoms with van der Waals surface area (Å²) in [5.41, 5.74) is 2.13. The zero-order chi connectivity index (χ0) is 16.2. The van der Waals surface area contributed by atoms with Crippen LogP contribution in [0.3, 0.4) is 0 Å². The highest BCUT2D eigenvalue weighted by Crippen LogP contribution is 2.36. The zero-order valence-corrected chi connectivity index (χ0v) is 14.4. The Labute approximate surface area is 146 Å². The Balaban J connectivity index is 1.53. The molecule has 0 radical (unpaired) electrons. The molecular weight excluding hydrogens is 333 g/mol. The number of nitrogens with zero attached hydrogens (tertiary/aromatic N) is 2. The van der Waals surface area contributed by atoms with Gasteiger partial charge in [0.05, 0.1) is 11.3 Å². The van der Waals surface area contributed by atoms with Gasteiger partial charge in [-0.15, -0.1) is 0 Å². The summed E-state index contributed by atoms with van der Waals surface area (Å²) in [5, 5.41) is 4.66. The van der Waals surface area contributed by atoms with Gasteiger partial charge >= 0.3 is 0 Å². The van der Waals surface area contributed by atoms with Crippen LogP contribution in [-0.4, -0.2) is 29.2 Å². The van der Waals surface area contributed by atoms with Crippen molar-refractivity contribution in [1.82, 2.24) is 14.9 Å². The number of benzene rings is 1. The number of hydrogen-bond donors (Lipinski definition) is 1. The molecule has 1 aliphatic rings. The molecule has 1 unspecified atom stereocenters. The molecule has 0 bridgehead atoms. The third-order valence-corrected chi connectivity index (χ3v) is 4.22. The van der Waals surface area contributed by atoms with Crippen LogP contribution in [0.5, 0.6) is 5.75 Å². The normalized spacial score (nSPS) is 14.8. The van der Waals surface area contributed by atoms with Gasteiger partial charge in [0, 0.05) is 36.1 Å². The first-order valence-corrected chi connectivity index (χ1v) is 8.35. The van der Waals surface area contributed by atoms with Crippen molar-refractivity contribution in [1.29, 1.82) is 0 Å². The minimum absolute atomic E-state index is 0.519. The van der Waals surface area contributed by atoms with Crippen molar-refractivity contribution in [2.24, 2.45) is 5.92 Å². The molecule has 1 aromatic carbocycles. The second-order valence-corrected chi connectivity index (χ2v) is 6.74. The van der Waals surface area contributed by atoms with Gasteiger partial charge in [-0.05, 0) is 36.2 Å². The summed E-state index contributed by atoms with van der Waals surface area (Å²) >= 11 is 12.2. The van der Waals surface area contributed by atoms with Gasteiger partial charge in [0.25, 0.3) is 0 Å². The van der Waals surface area contributed by atoms with Crippen LogP contribution in [0.1, 0.15) is 12.5 Å². The minimum Gasteiger partial charge on any atom is -0.487 e. The number of nitrogens with one attached hydrogen (secondary N) is 1. The monoisotopic (exact) mass is 351 g/mol. The van der Waals surface area contributed by atoms with Gasteiger partial charge in [-0.1, -0.05) is 30.1 Å². The van der Waals surface area contributed by atoms with Gasteiger partial charge < -0.3 is 14.6 Å². The molecule has 3 rings (SSSR count). The average molecular weight is 352 g/mol. The van der Waals surface area contributed by atoms with Crippen LogP contribution < -0.4 is 10.1 Å². The average Bonchev–Trinajstić information content (AvgIpc) is 2.99. The molecule has 2 heterocycles. The number of imidazole rings is 1. The van der Waals surface area contributed by atoms with Crippen molar-refractivity contribution >= 4 is 29.3 Å². The number of rotatable bonds is 6. The van der Waals surface area contributed by atoms with Crippen molar-refractivity contribution in [3.63, 3.8) is 0 Å². The van der Waals surface area contributed by atoms with E-state index in [1.807, 2.05) is 18.6 Å². The molecular formula is C17H19Cl2N3O. The van der Waals surface area contributed by atoms with E-state index in [1.54, 1.807) is 12.3 Å². The minimum atomic E-state index is 0.519. The third-order valence-electron chi connectivity index (χ3n) is 3.73. The van der Waals surface area contributed by atoms with Gasteiger partial charge in [0.2, 0.25) is 0 Å². The summed E-state index contributed by atoms with van der Waals surface area (Å²) in [6.07, 6.45) is 7.74. The smallest absolute Gasteiger partial charge is 0.145 e. The molecule has 0 spiro atoms. The molecule has 0 saturated carbocycles. The topological polar surface area (TPSA) is 39.1 Å². The highest BCUT2D eigenvalue weighted by Gasteiger charge is 2.15. The lowest BCUT2D eigenvalue weighted by atomic mass is 10.1. The lowest BCUT2D eigenvalue weighted by molar-refractivity contribution is 0.341. The standard InChI is InChI=1S/C17H19Cl2N3O/c1-12(9-22-3-2-20-11-22)7-21-8-13-4-14-5-15(18)6-16(19)17(14)23-10-13/h2-6,11-12,21H,7-10H2,1H3. The Morgan fingerprint density at radius 2 is 2.26 bits per heavy atom. The maximum atomic E-state index is 6.15. The van der Waals surface area contributed by atoms with E-state index in [9.17, 15) is 0 Å². The Kier molecular flexibility index (Phi) is 5.26. The van der Waals surface area contributed by atoms with Crippen LogP contribution in [0.4, 0.5) is 0 Å². The van der Waals surface area contributed by atoms with Gasteiger partial charge in [-0.2, -0.15) is 0 Å². The van der Waals surface area contributed by atoms with Crippen molar-refractivity contribution in [2.45, 2.75) is 13.5 Å². The van der Waals surface area contributed by atoms with E-state index in [0.717, 1.165) is 25.2 Å². The first kappa shape index (κ1) is 16.4. The molecule has 1 N–H and O–H groups in total. The molecule has 0 aliphatic carbocycles. The first-order valence-electron chi connectivity index (χ1n) is 7.59. The number of halogens is 2. The number of ether oxygens (including phenoxy) is 1. The number of aromatic nitrogens is 2. The molecule has 1 aromatic heterocycles. The van der Waals surface area contributed by atoms with Crippen LogP contribution in [0, 0.1) is 5.92 Å². The summed E-state index contributed by atoms with van der Waals surface area (Å²) in [6, 6.07) is 3.58. The van der Waals surface area contributed by atoms with Crippen LogP contribution in [-0.2, 0) is 6.54 Å². The molecule has 1 aliphatic heterocycles. The fraction of sp³-hybridized carbons (Fsp3) is 0.353. The van der Waals surface area contributed by atoms with E-state index in [-0.39, 0.29) is 0 Å². The molecule has 6 heteroatoms. The molecule has 23 heavy (non-hydrogen) atoms. The van der Waals surface area contributed by atoms with Gasteiger partial charge in [0.15, 0.2) is 0 Å². The van der Waals surface area contributed by atoms with Gasteiger partial charge in [-0.3, -0.25) is 0 Å². The summed E-state index contributed by atoms with van der Waals surface area (Å²) in [4.78, 5) is 4.06. The molecule has 122 valence electrons. The molecule has 1 atom stereocenters. The van der Waals surface area contributed by atoms with Crippen molar-refractivity contribution in [3.05, 3.63) is 52.0 Å². The van der Waals surface area contributed by atoms with Crippen LogP contribution in [0.15, 0.2) is 36.4 Å². The van der Waals surface area contributed by atoms with Crippen LogP contribution in [0.25, 0.3) is 6.08 Å². The van der Waals surface area contributed by atoms with Crippen LogP contribution in [0.2, 0.25) is 10.0 Å². The largest absolute Gasteiger partial charge is 0.487 e. The molecule has 0 saturated heterocycles. The third kappa shape index (κ3) is 4.28. The van der Waals surface area contributed by atoms with Crippen molar-refractivity contribution in [2.75, 3.05) is 19.7 Å². The second-order valence-electron chi connectivity index (χ2n) is 5.89. The maximum absolute atomic E-state index is 6.15. The predicted molar refractivity (Wildman–Crippen MR) is 94.2 cm³/mol. The Hall–Kier alpha value is -1.49. The maximum Gasteiger partial charge on any atom is 0.145 e. The fourth-order valence-corrected chi connectivity index (χ4v) is 3.23. The number of hydrogen-bond acceptors (Lipinski definition) is 3. The summed E-state index contributed by atoms with van der Waals surface area (Å²) in [7, 11) is 0. The SMILES string of the molecule is CC(CNCC1=Cc2cc(Cl)cc(Cl)c2OC1)Cn1ccnc1. The Morgan fingerprint density at radius 3 is 3.04 bits per heavy atom. The Bertz CT molecular complexity index is 698. The summed E-state index contributed by atoms with van der Waals surface area (Å²) in [6.45, 7) is 5.44. The highest BCUT2D eigenvalue weighted by molar-refractivity contribution is 6.36. The predicted octanol–water partition coefficient (Wildman–Crippen LogP) is 3.89. The molecule has 4 nitrogen and oxygen atoms in total. The second kappa shape index (κ2) is 7.39. The number of fused-ring (bicyclic) bond motifs is 1. The van der Waals surface area contributed by atoms with E-state index in [4.69, 9.17) is 27.9 Å². The van der Waals surface area contributed by atoms with E-state index in [0.29, 0.717) is 28.3 Å². The van der Waals surface area contributed by atoms with Crippen molar-refractivity contribution < 1.29 is 4.74 Å². The fourth-order valence-electron chi connectivity index (χ4n) is 2.67. The van der Waals surface area contributed by atoms with E-state index in [2.05, 4.69) is 27.9 Å². The van der Waals surface area contributed by atoms with Gasteiger partial charge in [0.1, 0.15) is 12.4 Å². The summed E-state index contributed by atoms with van der Waals surface area (Å²) < 4.78 is 7.85. The zero-order valence-electron chi connectivity index (χ0n) is 12.9. The lowest BCUT2D eigenvalue weighted by Crippen LogP contribution is -2.27. The van der Waals surface area contributed by atoms with E-state index in [1.165, 1.54) is 5.57 Å².